The van der Waals surface area contributed by atoms with Crippen LogP contribution in [0.1, 0.15) is 12.8 Å². The third kappa shape index (κ3) is 3.96. The van der Waals surface area contributed by atoms with Gasteiger partial charge in [-0.25, -0.2) is 4.79 Å². The van der Waals surface area contributed by atoms with Gasteiger partial charge in [-0.2, -0.15) is 11.8 Å². The fraction of sp³-hybridized carbons (Fsp3) is 0.500. The lowest BCUT2D eigenvalue weighted by Crippen LogP contribution is -2.34. The minimum Gasteiger partial charge on any atom is -0.479 e. The highest BCUT2D eigenvalue weighted by molar-refractivity contribution is 7.99. The molecule has 6 nitrogen and oxygen atoms in total. The van der Waals surface area contributed by atoms with Crippen LogP contribution in [-0.4, -0.2) is 53.8 Å². The van der Waals surface area contributed by atoms with Gasteiger partial charge in [-0.1, -0.05) is 11.6 Å². The number of amides is 1. The fourth-order valence-corrected chi connectivity index (χ4v) is 3.99. The minimum absolute atomic E-state index is 0.325. The van der Waals surface area contributed by atoms with Gasteiger partial charge in [0.1, 0.15) is 6.10 Å². The lowest BCUT2D eigenvalue weighted by Gasteiger charge is -2.30. The predicted molar refractivity (Wildman–Crippen MR) is 95.2 cm³/mol. The van der Waals surface area contributed by atoms with Crippen LogP contribution >= 0.6 is 23.4 Å². The molecule has 1 aromatic carbocycles. The summed E-state index contributed by atoms with van der Waals surface area (Å²) in [6.07, 6.45) is -0.897. The van der Waals surface area contributed by atoms with Crippen molar-refractivity contribution >= 4 is 46.6 Å². The molecule has 0 aromatic heterocycles. The lowest BCUT2D eigenvalue weighted by molar-refractivity contribution is -0.150. The Morgan fingerprint density at radius 3 is 2.62 bits per heavy atom. The predicted octanol–water partition coefficient (Wildman–Crippen LogP) is 2.46. The van der Waals surface area contributed by atoms with Crippen molar-refractivity contribution in [3.8, 4) is 0 Å². The first kappa shape index (κ1) is 17.4. The average molecular weight is 371 g/mol. The monoisotopic (exact) mass is 370 g/mol. The SMILES string of the molecule is O=C(Nc1cc(Cl)ccc1N1CCSCC1)[C@@H]1CC[C@H](C(=O)O)O1. The van der Waals surface area contributed by atoms with Gasteiger partial charge in [-0.15, -0.1) is 0 Å². The number of hydrogen-bond acceptors (Lipinski definition) is 5. The highest BCUT2D eigenvalue weighted by Crippen LogP contribution is 2.32. The van der Waals surface area contributed by atoms with Crippen LogP contribution in [0.3, 0.4) is 0 Å². The van der Waals surface area contributed by atoms with E-state index in [-0.39, 0.29) is 5.91 Å². The van der Waals surface area contributed by atoms with E-state index in [4.69, 9.17) is 21.4 Å². The Kier molecular flexibility index (Phi) is 5.53. The molecule has 0 spiro atoms. The first-order valence-corrected chi connectivity index (χ1v) is 9.39. The minimum atomic E-state index is -1.03. The Bertz CT molecular complexity index is 637. The van der Waals surface area contributed by atoms with Crippen molar-refractivity contribution in [2.24, 2.45) is 0 Å². The van der Waals surface area contributed by atoms with E-state index in [9.17, 15) is 9.59 Å². The maximum Gasteiger partial charge on any atom is 0.332 e. The molecule has 130 valence electrons. The van der Waals surface area contributed by atoms with Gasteiger partial charge in [0, 0.05) is 29.6 Å². The molecule has 2 aliphatic heterocycles. The van der Waals surface area contributed by atoms with Crippen LogP contribution in [0.4, 0.5) is 11.4 Å². The van der Waals surface area contributed by atoms with Crippen molar-refractivity contribution < 1.29 is 19.4 Å². The molecule has 2 saturated heterocycles. The Morgan fingerprint density at radius 2 is 1.96 bits per heavy atom. The number of carbonyl (C=O) groups excluding carboxylic acids is 1. The molecule has 2 aliphatic rings. The van der Waals surface area contributed by atoms with Crippen molar-refractivity contribution in [3.63, 3.8) is 0 Å². The molecular weight excluding hydrogens is 352 g/mol. The number of anilines is 2. The summed E-state index contributed by atoms with van der Waals surface area (Å²) < 4.78 is 5.31. The van der Waals surface area contributed by atoms with Gasteiger partial charge in [-0.05, 0) is 31.0 Å². The first-order chi connectivity index (χ1) is 11.5. The maximum atomic E-state index is 12.4. The van der Waals surface area contributed by atoms with E-state index < -0.39 is 18.2 Å². The zero-order valence-electron chi connectivity index (χ0n) is 13.0. The van der Waals surface area contributed by atoms with Gasteiger partial charge < -0.3 is 20.1 Å². The number of nitrogens with one attached hydrogen (secondary N) is 1. The third-order valence-corrected chi connectivity index (χ3v) is 5.33. The van der Waals surface area contributed by atoms with Crippen molar-refractivity contribution in [2.75, 3.05) is 34.8 Å². The summed E-state index contributed by atoms with van der Waals surface area (Å²) in [4.78, 5) is 25.6. The molecule has 0 bridgehead atoms. The summed E-state index contributed by atoms with van der Waals surface area (Å²) in [5, 5.41) is 12.4. The largest absolute Gasteiger partial charge is 0.479 e. The van der Waals surface area contributed by atoms with Gasteiger partial charge >= 0.3 is 5.97 Å². The maximum absolute atomic E-state index is 12.4. The zero-order valence-corrected chi connectivity index (χ0v) is 14.6. The quantitative estimate of drug-likeness (QED) is 0.847. The van der Waals surface area contributed by atoms with Crippen molar-refractivity contribution in [3.05, 3.63) is 23.2 Å². The second kappa shape index (κ2) is 7.63. The molecule has 2 N–H and O–H groups in total. The molecule has 2 fully saturated rings. The molecule has 1 amide bonds. The molecule has 0 saturated carbocycles. The van der Waals surface area contributed by atoms with Crippen LogP contribution in [0.15, 0.2) is 18.2 Å². The number of aliphatic carboxylic acids is 1. The van der Waals surface area contributed by atoms with Crippen LogP contribution in [0.25, 0.3) is 0 Å². The molecule has 1 aromatic rings. The summed E-state index contributed by atoms with van der Waals surface area (Å²) in [7, 11) is 0. The average Bonchev–Trinajstić information content (AvgIpc) is 3.06. The number of ether oxygens (including phenoxy) is 1. The summed E-state index contributed by atoms with van der Waals surface area (Å²) in [5.74, 6) is 0.734. The van der Waals surface area contributed by atoms with Crippen LogP contribution in [0, 0.1) is 0 Å². The number of carboxylic acids is 1. The van der Waals surface area contributed by atoms with Crippen molar-refractivity contribution in [1.82, 2.24) is 0 Å². The van der Waals surface area contributed by atoms with Crippen LogP contribution in [0.2, 0.25) is 5.02 Å². The number of carbonyl (C=O) groups is 2. The zero-order chi connectivity index (χ0) is 17.1. The number of halogens is 1. The van der Waals surface area contributed by atoms with Gasteiger partial charge in [-0.3, -0.25) is 4.79 Å². The number of hydrogen-bond donors (Lipinski definition) is 2. The van der Waals surface area contributed by atoms with Crippen LogP contribution in [0.5, 0.6) is 0 Å². The molecule has 0 aliphatic carbocycles. The Hall–Kier alpha value is -1.44. The van der Waals surface area contributed by atoms with E-state index in [0.29, 0.717) is 23.6 Å². The summed E-state index contributed by atoms with van der Waals surface area (Å²) >= 11 is 7.99. The number of nitrogens with zero attached hydrogens (tertiary/aromatic N) is 1. The Morgan fingerprint density at radius 1 is 1.25 bits per heavy atom. The highest BCUT2D eigenvalue weighted by Gasteiger charge is 2.35. The van der Waals surface area contributed by atoms with Crippen molar-refractivity contribution in [2.45, 2.75) is 25.0 Å². The Balaban J connectivity index is 1.73. The molecule has 3 rings (SSSR count). The molecular formula is C16H19ClN2O4S. The van der Waals surface area contributed by atoms with E-state index in [1.165, 1.54) is 0 Å². The summed E-state index contributed by atoms with van der Waals surface area (Å²) in [5.41, 5.74) is 1.57. The molecule has 0 radical (unpaired) electrons. The third-order valence-electron chi connectivity index (χ3n) is 4.16. The van der Waals surface area contributed by atoms with Gasteiger partial charge in [0.15, 0.2) is 6.10 Å². The summed E-state index contributed by atoms with van der Waals surface area (Å²) in [6, 6.07) is 5.44. The van der Waals surface area contributed by atoms with E-state index in [0.717, 1.165) is 30.3 Å². The van der Waals surface area contributed by atoms with E-state index in [1.807, 2.05) is 17.8 Å². The van der Waals surface area contributed by atoms with Gasteiger partial charge in [0.2, 0.25) is 0 Å². The Labute approximate surface area is 149 Å². The second-order valence-electron chi connectivity index (χ2n) is 5.78. The highest BCUT2D eigenvalue weighted by atomic mass is 35.5. The second-order valence-corrected chi connectivity index (χ2v) is 7.44. The number of rotatable bonds is 4. The smallest absolute Gasteiger partial charge is 0.332 e. The molecule has 2 atom stereocenters. The summed E-state index contributed by atoms with van der Waals surface area (Å²) in [6.45, 7) is 1.83. The molecule has 8 heteroatoms. The first-order valence-electron chi connectivity index (χ1n) is 7.86. The molecule has 2 heterocycles. The molecule has 24 heavy (non-hydrogen) atoms. The van der Waals surface area contributed by atoms with Crippen LogP contribution in [-0.2, 0) is 14.3 Å². The molecule has 0 unspecified atom stereocenters. The van der Waals surface area contributed by atoms with E-state index >= 15 is 0 Å². The fourth-order valence-electron chi connectivity index (χ4n) is 2.91. The number of benzene rings is 1. The van der Waals surface area contributed by atoms with Gasteiger partial charge in [0.05, 0.1) is 11.4 Å². The number of thioether (sulfide) groups is 1. The van der Waals surface area contributed by atoms with Crippen molar-refractivity contribution in [1.29, 1.82) is 0 Å². The van der Waals surface area contributed by atoms with Gasteiger partial charge in [0.25, 0.3) is 5.91 Å². The van der Waals surface area contributed by atoms with E-state index in [2.05, 4.69) is 10.2 Å². The number of carboxylic acid groups (broad SMARTS) is 1. The standard InChI is InChI=1S/C16H19ClN2O4S/c17-10-1-2-12(19-5-7-24-8-6-19)11(9-10)18-15(20)13-3-4-14(23-13)16(21)22/h1-2,9,13-14H,3-8H2,(H,18,20)(H,21,22)/t13-,14+/m0/s1. The topological polar surface area (TPSA) is 78.9 Å². The normalized spacial score (nSPS) is 24.0. The van der Waals surface area contributed by atoms with E-state index in [1.54, 1.807) is 12.1 Å². The lowest BCUT2D eigenvalue weighted by atomic mass is 10.1. The van der Waals surface area contributed by atoms with Crippen LogP contribution < -0.4 is 10.2 Å².